The molecule has 1 saturated heterocycles. The van der Waals surface area contributed by atoms with Crippen molar-refractivity contribution in [3.63, 3.8) is 0 Å². The number of amides is 1. The maximum Gasteiger partial charge on any atom is 0.229 e. The van der Waals surface area contributed by atoms with Crippen molar-refractivity contribution >= 4 is 17.8 Å². The summed E-state index contributed by atoms with van der Waals surface area (Å²) in [5.41, 5.74) is 5.82. The fourth-order valence-electron chi connectivity index (χ4n) is 2.85. The van der Waals surface area contributed by atoms with Gasteiger partial charge >= 0.3 is 0 Å². The Kier molecular flexibility index (Phi) is 5.70. The van der Waals surface area contributed by atoms with Gasteiger partial charge in [0.05, 0.1) is 6.04 Å². The quantitative estimate of drug-likeness (QED) is 0.811. The van der Waals surface area contributed by atoms with Crippen molar-refractivity contribution in [2.75, 3.05) is 44.4 Å². The number of hydrogen-bond donors (Lipinski definition) is 2. The van der Waals surface area contributed by atoms with Crippen LogP contribution in [0.25, 0.3) is 0 Å². The summed E-state index contributed by atoms with van der Waals surface area (Å²) in [6.07, 6.45) is 2.24. The van der Waals surface area contributed by atoms with E-state index in [0.717, 1.165) is 32.5 Å². The molecule has 0 saturated carbocycles. The highest BCUT2D eigenvalue weighted by Crippen LogP contribution is 2.25. The number of nitrogens with two attached hydrogens (primary N) is 1. The van der Waals surface area contributed by atoms with Crippen LogP contribution in [0.15, 0.2) is 0 Å². The highest BCUT2D eigenvalue weighted by atomic mass is 16.1. The molecule has 0 spiro atoms. The Hall–Kier alpha value is -1.96. The van der Waals surface area contributed by atoms with Gasteiger partial charge in [-0.1, -0.05) is 0 Å². The lowest BCUT2D eigenvalue weighted by atomic mass is 9.96. The van der Waals surface area contributed by atoms with Crippen LogP contribution < -0.4 is 16.0 Å². The normalized spacial score (nSPS) is 20.1. The van der Waals surface area contributed by atoms with Crippen molar-refractivity contribution < 1.29 is 4.79 Å². The molecule has 1 aromatic rings. The van der Waals surface area contributed by atoms with Gasteiger partial charge in [-0.25, -0.2) is 0 Å². The van der Waals surface area contributed by atoms with E-state index in [4.69, 9.17) is 5.73 Å². The average Bonchev–Trinajstić information content (AvgIpc) is 2.51. The molecule has 1 aliphatic rings. The van der Waals surface area contributed by atoms with Gasteiger partial charge in [-0.15, -0.1) is 0 Å². The summed E-state index contributed by atoms with van der Waals surface area (Å²) < 4.78 is 0. The number of nitrogens with zero attached hydrogens (tertiary/aromatic N) is 5. The zero-order valence-electron chi connectivity index (χ0n) is 14.4. The van der Waals surface area contributed by atoms with Gasteiger partial charge in [-0.05, 0) is 32.2 Å². The van der Waals surface area contributed by atoms with Crippen LogP contribution in [0.1, 0.15) is 38.6 Å². The molecule has 23 heavy (non-hydrogen) atoms. The molecule has 8 heteroatoms. The third-order valence-electron chi connectivity index (χ3n) is 4.17. The number of aromatic nitrogens is 3. The number of hydrogen-bond acceptors (Lipinski definition) is 7. The van der Waals surface area contributed by atoms with E-state index >= 15 is 0 Å². The van der Waals surface area contributed by atoms with Crippen LogP contribution in [0.5, 0.6) is 0 Å². The SMILES string of the molecule is CC(=O)NCC1CCCN(C(C)c2nc(N)nc(N(C)C)n2)C1. The summed E-state index contributed by atoms with van der Waals surface area (Å²) in [6, 6.07) is 0.0686. The monoisotopic (exact) mass is 321 g/mol. The topological polar surface area (TPSA) is 100 Å². The molecule has 0 aliphatic carbocycles. The molecule has 128 valence electrons. The minimum Gasteiger partial charge on any atom is -0.368 e. The van der Waals surface area contributed by atoms with Crippen LogP contribution in [-0.2, 0) is 4.79 Å². The number of rotatable bonds is 5. The van der Waals surface area contributed by atoms with E-state index < -0.39 is 0 Å². The van der Waals surface area contributed by atoms with Gasteiger partial charge in [0.1, 0.15) is 0 Å². The Morgan fingerprint density at radius 3 is 2.83 bits per heavy atom. The van der Waals surface area contributed by atoms with Gasteiger partial charge in [0.25, 0.3) is 0 Å². The summed E-state index contributed by atoms with van der Waals surface area (Å²) in [5.74, 6) is 2.00. The number of carbonyl (C=O) groups is 1. The fourth-order valence-corrected chi connectivity index (χ4v) is 2.85. The number of anilines is 2. The van der Waals surface area contributed by atoms with Crippen LogP contribution in [0.4, 0.5) is 11.9 Å². The lowest BCUT2D eigenvalue weighted by molar-refractivity contribution is -0.119. The molecule has 1 amide bonds. The Balaban J connectivity index is 2.07. The van der Waals surface area contributed by atoms with Crippen molar-refractivity contribution in [2.24, 2.45) is 5.92 Å². The van der Waals surface area contributed by atoms with E-state index in [1.807, 2.05) is 19.0 Å². The summed E-state index contributed by atoms with van der Waals surface area (Å²) in [4.78, 5) is 28.2. The number of carbonyl (C=O) groups excluding carboxylic acids is 1. The highest BCUT2D eigenvalue weighted by Gasteiger charge is 2.26. The summed E-state index contributed by atoms with van der Waals surface area (Å²) in [7, 11) is 3.77. The van der Waals surface area contributed by atoms with Gasteiger partial charge in [-0.3, -0.25) is 9.69 Å². The molecule has 2 unspecified atom stereocenters. The molecule has 8 nitrogen and oxygen atoms in total. The largest absolute Gasteiger partial charge is 0.368 e. The Labute approximate surface area is 137 Å². The second-order valence-electron chi connectivity index (χ2n) is 6.36. The second kappa shape index (κ2) is 7.54. The van der Waals surface area contributed by atoms with E-state index in [0.29, 0.717) is 17.7 Å². The summed E-state index contributed by atoms with van der Waals surface area (Å²) in [5, 5.41) is 2.91. The lowest BCUT2D eigenvalue weighted by Crippen LogP contribution is -2.42. The van der Waals surface area contributed by atoms with E-state index in [1.54, 1.807) is 6.92 Å². The maximum atomic E-state index is 11.1. The van der Waals surface area contributed by atoms with Crippen LogP contribution >= 0.6 is 0 Å². The third kappa shape index (κ3) is 4.75. The van der Waals surface area contributed by atoms with Crippen LogP contribution in [0.3, 0.4) is 0 Å². The summed E-state index contributed by atoms with van der Waals surface area (Å²) in [6.45, 7) is 6.29. The predicted octanol–water partition coefficient (Wildman–Crippen LogP) is 0.429. The van der Waals surface area contributed by atoms with Crippen LogP contribution in [0.2, 0.25) is 0 Å². The number of nitrogen functional groups attached to an aromatic ring is 1. The zero-order chi connectivity index (χ0) is 17.0. The van der Waals surface area contributed by atoms with Crippen LogP contribution in [0, 0.1) is 5.92 Å². The number of nitrogens with one attached hydrogen (secondary N) is 1. The Morgan fingerprint density at radius 2 is 2.17 bits per heavy atom. The lowest BCUT2D eigenvalue weighted by Gasteiger charge is -2.36. The fraction of sp³-hybridized carbons (Fsp3) is 0.733. The maximum absolute atomic E-state index is 11.1. The first-order valence-electron chi connectivity index (χ1n) is 8.04. The Bertz CT molecular complexity index is 549. The van der Waals surface area contributed by atoms with Gasteiger partial charge in [0, 0.05) is 34.1 Å². The zero-order valence-corrected chi connectivity index (χ0v) is 14.4. The minimum atomic E-state index is 0.0241. The standard InChI is InChI=1S/C15H27N7O/c1-10(13-18-14(16)20-15(19-13)21(3)4)22-7-5-6-12(9-22)8-17-11(2)23/h10,12H,5-9H2,1-4H3,(H,17,23)(H2,16,18,19,20). The second-order valence-corrected chi connectivity index (χ2v) is 6.36. The first-order valence-corrected chi connectivity index (χ1v) is 8.04. The molecular weight excluding hydrogens is 294 g/mol. The highest BCUT2D eigenvalue weighted by molar-refractivity contribution is 5.72. The predicted molar refractivity (Wildman–Crippen MR) is 90.0 cm³/mol. The number of likely N-dealkylation sites (tertiary alicyclic amines) is 1. The average molecular weight is 321 g/mol. The minimum absolute atomic E-state index is 0.0241. The molecule has 1 fully saturated rings. The molecule has 0 aromatic carbocycles. The number of piperidine rings is 1. The molecule has 0 radical (unpaired) electrons. The molecule has 2 rings (SSSR count). The van der Waals surface area contributed by atoms with E-state index in [-0.39, 0.29) is 17.9 Å². The molecule has 3 N–H and O–H groups in total. The third-order valence-corrected chi connectivity index (χ3v) is 4.17. The van der Waals surface area contributed by atoms with E-state index in [2.05, 4.69) is 32.1 Å². The van der Waals surface area contributed by atoms with Crippen LogP contribution in [-0.4, -0.2) is 59.5 Å². The van der Waals surface area contributed by atoms with Crippen molar-refractivity contribution in [3.8, 4) is 0 Å². The van der Waals surface area contributed by atoms with Crippen molar-refractivity contribution in [2.45, 2.75) is 32.7 Å². The summed E-state index contributed by atoms with van der Waals surface area (Å²) >= 11 is 0. The van der Waals surface area contributed by atoms with Gasteiger partial charge in [-0.2, -0.15) is 15.0 Å². The van der Waals surface area contributed by atoms with Gasteiger partial charge in [0.15, 0.2) is 5.82 Å². The van der Waals surface area contributed by atoms with Crippen molar-refractivity contribution in [1.82, 2.24) is 25.2 Å². The Morgan fingerprint density at radius 1 is 1.43 bits per heavy atom. The van der Waals surface area contributed by atoms with Crippen molar-refractivity contribution in [1.29, 1.82) is 0 Å². The molecule has 1 aromatic heterocycles. The first-order chi connectivity index (χ1) is 10.9. The molecule has 2 atom stereocenters. The van der Waals surface area contributed by atoms with E-state index in [1.165, 1.54) is 0 Å². The molecule has 1 aliphatic heterocycles. The molecular formula is C15H27N7O. The van der Waals surface area contributed by atoms with Crippen molar-refractivity contribution in [3.05, 3.63) is 5.82 Å². The molecule has 2 heterocycles. The van der Waals surface area contributed by atoms with Gasteiger partial charge < -0.3 is 16.0 Å². The smallest absolute Gasteiger partial charge is 0.229 e. The first kappa shape index (κ1) is 17.4. The molecule has 0 bridgehead atoms. The van der Waals surface area contributed by atoms with E-state index in [9.17, 15) is 4.79 Å². The van der Waals surface area contributed by atoms with Gasteiger partial charge in [0.2, 0.25) is 17.8 Å².